The molecule has 0 bridgehead atoms. The number of fused-ring (bicyclic) bond motifs is 1. The number of aromatic amines is 1. The first-order chi connectivity index (χ1) is 20.5. The monoisotopic (exact) mass is 586 g/mol. The van der Waals surface area contributed by atoms with Crippen LogP contribution in [0.3, 0.4) is 0 Å². The maximum absolute atomic E-state index is 11.8. The highest BCUT2D eigenvalue weighted by molar-refractivity contribution is 6.30. The van der Waals surface area contributed by atoms with Gasteiger partial charge in [-0.25, -0.2) is 14.8 Å². The second kappa shape index (κ2) is 11.3. The molecule has 1 atom stereocenters. The average molecular weight is 587 g/mol. The van der Waals surface area contributed by atoms with Gasteiger partial charge in [-0.2, -0.15) is 0 Å². The van der Waals surface area contributed by atoms with Crippen molar-refractivity contribution in [2.75, 3.05) is 24.7 Å². The molecule has 1 aliphatic carbocycles. The van der Waals surface area contributed by atoms with E-state index < -0.39 is 5.76 Å². The summed E-state index contributed by atoms with van der Waals surface area (Å²) in [5.74, 6) is 1.67. The molecule has 11 nitrogen and oxygen atoms in total. The number of hydrogen-bond acceptors (Lipinski definition) is 9. The number of anilines is 1. The van der Waals surface area contributed by atoms with Crippen molar-refractivity contribution in [1.29, 1.82) is 0 Å². The van der Waals surface area contributed by atoms with Crippen LogP contribution in [-0.2, 0) is 11.3 Å². The maximum atomic E-state index is 11.8. The first-order valence-corrected chi connectivity index (χ1v) is 14.7. The maximum Gasteiger partial charge on any atom is 0.439 e. The van der Waals surface area contributed by atoms with Gasteiger partial charge in [0.2, 0.25) is 11.8 Å². The third kappa shape index (κ3) is 5.18. The fourth-order valence-electron chi connectivity index (χ4n) is 6.17. The fraction of sp³-hybridized carbons (Fsp3) is 0.400. The van der Waals surface area contributed by atoms with Crippen molar-refractivity contribution in [3.05, 3.63) is 70.2 Å². The van der Waals surface area contributed by atoms with E-state index in [1.165, 1.54) is 12.8 Å². The van der Waals surface area contributed by atoms with E-state index in [4.69, 9.17) is 30.8 Å². The van der Waals surface area contributed by atoms with Gasteiger partial charge >= 0.3 is 5.76 Å². The van der Waals surface area contributed by atoms with Crippen molar-refractivity contribution in [3.8, 4) is 22.8 Å². The molecule has 1 N–H and O–H groups in total. The summed E-state index contributed by atoms with van der Waals surface area (Å²) in [5, 5.41) is 4.40. The number of aromatic nitrogens is 7. The molecule has 2 aliphatic rings. The summed E-state index contributed by atoms with van der Waals surface area (Å²) in [6.45, 7) is 4.90. The second-order valence-corrected chi connectivity index (χ2v) is 11.7. The van der Waals surface area contributed by atoms with Gasteiger partial charge in [0.1, 0.15) is 5.69 Å². The van der Waals surface area contributed by atoms with Crippen molar-refractivity contribution < 1.29 is 9.26 Å². The lowest BCUT2D eigenvalue weighted by Crippen LogP contribution is -2.41. The smallest absolute Gasteiger partial charge is 0.377 e. The van der Waals surface area contributed by atoms with Crippen LogP contribution in [0.25, 0.3) is 33.8 Å². The molecule has 1 aliphatic heterocycles. The lowest BCUT2D eigenvalue weighted by atomic mass is 9.83. The zero-order valence-electron chi connectivity index (χ0n) is 23.2. The Morgan fingerprint density at radius 3 is 2.76 bits per heavy atom. The number of hydrogen-bond donors (Lipinski definition) is 1. The number of imidazole rings is 1. The number of ether oxygens (including phenoxy) is 1. The summed E-state index contributed by atoms with van der Waals surface area (Å²) in [6.07, 6.45) is 9.90. The number of morpholine rings is 1. The molecule has 1 saturated heterocycles. The largest absolute Gasteiger partial charge is 0.439 e. The molecular formula is C30H31ClN8O3. The average Bonchev–Trinajstić information content (AvgIpc) is 3.62. The Morgan fingerprint density at radius 2 is 2.00 bits per heavy atom. The van der Waals surface area contributed by atoms with Gasteiger partial charge in [-0.05, 0) is 48.9 Å². The first kappa shape index (κ1) is 26.8. The topological polar surface area (TPSA) is 128 Å². The molecule has 0 spiro atoms. The van der Waals surface area contributed by atoms with Crippen LogP contribution in [-0.4, -0.2) is 54.4 Å². The van der Waals surface area contributed by atoms with Crippen molar-refractivity contribution in [1.82, 2.24) is 34.6 Å². The molecule has 0 aromatic carbocycles. The molecule has 12 heteroatoms. The summed E-state index contributed by atoms with van der Waals surface area (Å²) in [4.78, 5) is 36.0. The van der Waals surface area contributed by atoms with Crippen molar-refractivity contribution >= 4 is 28.6 Å². The van der Waals surface area contributed by atoms with Gasteiger partial charge in [-0.1, -0.05) is 42.6 Å². The van der Waals surface area contributed by atoms with Crippen molar-refractivity contribution in [3.63, 3.8) is 0 Å². The van der Waals surface area contributed by atoms with Crippen LogP contribution in [0, 0.1) is 11.8 Å². The van der Waals surface area contributed by atoms with Crippen LogP contribution < -0.4 is 10.7 Å². The number of nitrogens with zero attached hydrogens (tertiary/aromatic N) is 7. The number of halogens is 1. The highest BCUT2D eigenvalue weighted by Gasteiger charge is 2.32. The van der Waals surface area contributed by atoms with E-state index in [0.717, 1.165) is 53.5 Å². The number of nitrogens with one attached hydrogen (secondary N) is 1. The van der Waals surface area contributed by atoms with Crippen LogP contribution in [0.4, 0.5) is 5.95 Å². The summed E-state index contributed by atoms with van der Waals surface area (Å²) < 4.78 is 13.1. The zero-order valence-corrected chi connectivity index (χ0v) is 24.0. The minimum atomic E-state index is -0.651. The van der Waals surface area contributed by atoms with E-state index in [1.807, 2.05) is 36.5 Å². The summed E-state index contributed by atoms with van der Waals surface area (Å²) in [6, 6.07) is 9.55. The summed E-state index contributed by atoms with van der Waals surface area (Å²) >= 11 is 6.41. The van der Waals surface area contributed by atoms with Gasteiger partial charge in [0.05, 0.1) is 46.7 Å². The van der Waals surface area contributed by atoms with Crippen LogP contribution in [0.5, 0.6) is 0 Å². The first-order valence-electron chi connectivity index (χ1n) is 14.4. The molecule has 0 amide bonds. The predicted molar refractivity (Wildman–Crippen MR) is 158 cm³/mol. The van der Waals surface area contributed by atoms with E-state index in [2.05, 4.69) is 36.5 Å². The standard InChI is InChI=1S/C30H31ClN8O3/c1-18-5-7-19(8-6-18)16-39-27-23(35-29(39)38-10-11-41-17-25(38)22-4-2-3-9-33-22)13-24(28-36-30(40)42-37-28)34-26(27)20-12-21(31)15-32-14-20/h2-4,9,12-15,18-19,25H,5-8,10-11,16-17H2,1H3,(H,36,37,40)/t18?,19?,25-/m0/s1. The van der Waals surface area contributed by atoms with E-state index in [1.54, 1.807) is 12.4 Å². The van der Waals surface area contributed by atoms with Crippen molar-refractivity contribution in [2.45, 2.75) is 45.2 Å². The predicted octanol–water partition coefficient (Wildman–Crippen LogP) is 5.29. The summed E-state index contributed by atoms with van der Waals surface area (Å²) in [5.41, 5.74) is 4.38. The fourth-order valence-corrected chi connectivity index (χ4v) is 6.35. The minimum absolute atomic E-state index is 0.0995. The third-order valence-corrected chi connectivity index (χ3v) is 8.56. The Balaban J connectivity index is 1.45. The Labute approximate surface area is 246 Å². The van der Waals surface area contributed by atoms with E-state index in [-0.39, 0.29) is 11.9 Å². The zero-order chi connectivity index (χ0) is 28.6. The Kier molecular flexibility index (Phi) is 7.20. The van der Waals surface area contributed by atoms with Crippen LogP contribution >= 0.6 is 11.6 Å². The Morgan fingerprint density at radius 1 is 1.12 bits per heavy atom. The SMILES string of the molecule is CC1CCC(Cn2c(N3CCOC[C@H]3c3ccccn3)nc3cc(-c4noc(=O)[nH]4)nc(-c4cncc(Cl)c4)c32)CC1. The molecule has 216 valence electrons. The lowest BCUT2D eigenvalue weighted by Gasteiger charge is -2.37. The lowest BCUT2D eigenvalue weighted by molar-refractivity contribution is 0.0916. The molecule has 42 heavy (non-hydrogen) atoms. The summed E-state index contributed by atoms with van der Waals surface area (Å²) in [7, 11) is 0. The highest BCUT2D eigenvalue weighted by atomic mass is 35.5. The third-order valence-electron chi connectivity index (χ3n) is 8.36. The molecule has 0 radical (unpaired) electrons. The van der Waals surface area contributed by atoms with Crippen LogP contribution in [0.1, 0.15) is 44.3 Å². The van der Waals surface area contributed by atoms with E-state index in [9.17, 15) is 4.79 Å². The molecular weight excluding hydrogens is 556 g/mol. The van der Waals surface area contributed by atoms with Crippen LogP contribution in [0.15, 0.2) is 58.2 Å². The molecule has 6 heterocycles. The number of pyridine rings is 3. The van der Waals surface area contributed by atoms with E-state index >= 15 is 0 Å². The highest BCUT2D eigenvalue weighted by Crippen LogP contribution is 2.39. The molecule has 7 rings (SSSR count). The molecule has 5 aromatic rings. The van der Waals surface area contributed by atoms with Gasteiger partial charge < -0.3 is 14.2 Å². The van der Waals surface area contributed by atoms with Gasteiger partial charge in [-0.3, -0.25) is 19.5 Å². The molecule has 0 unspecified atom stereocenters. The number of H-pyrrole nitrogens is 1. The Bertz CT molecular complexity index is 1760. The Hall–Kier alpha value is -4.09. The van der Waals surface area contributed by atoms with Crippen molar-refractivity contribution in [2.24, 2.45) is 11.8 Å². The van der Waals surface area contributed by atoms with Crippen LogP contribution in [0.2, 0.25) is 5.02 Å². The number of rotatable bonds is 6. The van der Waals surface area contributed by atoms with Gasteiger partial charge in [0.25, 0.3) is 0 Å². The molecule has 1 saturated carbocycles. The molecule has 2 fully saturated rings. The van der Waals surface area contributed by atoms with Gasteiger partial charge in [0, 0.05) is 37.2 Å². The minimum Gasteiger partial charge on any atom is -0.377 e. The molecule has 5 aromatic heterocycles. The van der Waals surface area contributed by atoms with E-state index in [0.29, 0.717) is 42.1 Å². The normalized spacial score (nSPS) is 21.2. The second-order valence-electron chi connectivity index (χ2n) is 11.2. The van der Waals surface area contributed by atoms with Gasteiger partial charge in [-0.15, -0.1) is 0 Å². The van der Waals surface area contributed by atoms with Gasteiger partial charge in [0.15, 0.2) is 0 Å². The quantitative estimate of drug-likeness (QED) is 0.282.